The Morgan fingerprint density at radius 1 is 1.16 bits per heavy atom. The molecule has 32 heavy (non-hydrogen) atoms. The van der Waals surface area contributed by atoms with Crippen LogP contribution in [0.25, 0.3) is 20.4 Å². The van der Waals surface area contributed by atoms with Gasteiger partial charge in [0.25, 0.3) is 0 Å². The highest BCUT2D eigenvalue weighted by Crippen LogP contribution is 2.43. The molecule has 1 N–H and O–H groups in total. The topological polar surface area (TPSA) is 88.5 Å². The Morgan fingerprint density at radius 3 is 2.75 bits per heavy atom. The fraction of sp³-hybridized carbons (Fsp3) is 0.636. The van der Waals surface area contributed by atoms with Gasteiger partial charge in [-0.3, -0.25) is 0 Å². The van der Waals surface area contributed by atoms with E-state index in [2.05, 4.69) is 58.5 Å². The van der Waals surface area contributed by atoms with Crippen LogP contribution in [0.1, 0.15) is 31.4 Å². The van der Waals surface area contributed by atoms with Crippen molar-refractivity contribution in [1.82, 2.24) is 25.3 Å². The SMILES string of the molecule is CN(C)CCCNc1nnnc2c1sc1nc(N3CCOCC3)c3c(c12)CC(C)(C)OC3. The van der Waals surface area contributed by atoms with Gasteiger partial charge in [0.15, 0.2) is 5.82 Å². The molecule has 10 heteroatoms. The smallest absolute Gasteiger partial charge is 0.170 e. The van der Waals surface area contributed by atoms with Crippen LogP contribution in [0.3, 0.4) is 0 Å². The summed E-state index contributed by atoms with van der Waals surface area (Å²) in [6, 6.07) is 0. The van der Waals surface area contributed by atoms with Crippen LogP contribution in [-0.2, 0) is 22.5 Å². The number of morpholine rings is 1. The predicted octanol–water partition coefficient (Wildman–Crippen LogP) is 2.69. The Morgan fingerprint density at radius 2 is 1.97 bits per heavy atom. The fourth-order valence-electron chi connectivity index (χ4n) is 4.47. The molecular formula is C22H31N7O2S. The van der Waals surface area contributed by atoms with Crippen molar-refractivity contribution in [2.45, 2.75) is 38.9 Å². The average Bonchev–Trinajstić information content (AvgIpc) is 3.15. The third kappa shape index (κ3) is 4.12. The summed E-state index contributed by atoms with van der Waals surface area (Å²) in [7, 11) is 4.17. The molecule has 0 saturated carbocycles. The largest absolute Gasteiger partial charge is 0.378 e. The lowest BCUT2D eigenvalue weighted by Crippen LogP contribution is -2.39. The van der Waals surface area contributed by atoms with E-state index in [0.717, 1.165) is 84.3 Å². The summed E-state index contributed by atoms with van der Waals surface area (Å²) in [5.74, 6) is 1.82. The minimum absolute atomic E-state index is 0.231. The molecule has 0 aromatic carbocycles. The van der Waals surface area contributed by atoms with Crippen molar-refractivity contribution in [2.75, 3.05) is 63.7 Å². The van der Waals surface area contributed by atoms with Gasteiger partial charge in [-0.15, -0.1) is 21.5 Å². The maximum Gasteiger partial charge on any atom is 0.170 e. The number of nitrogens with one attached hydrogen (secondary N) is 1. The highest BCUT2D eigenvalue weighted by molar-refractivity contribution is 7.26. The molecule has 0 bridgehead atoms. The quantitative estimate of drug-likeness (QED) is 0.561. The fourth-order valence-corrected chi connectivity index (χ4v) is 5.57. The van der Waals surface area contributed by atoms with E-state index >= 15 is 0 Å². The van der Waals surface area contributed by atoms with E-state index < -0.39 is 0 Å². The van der Waals surface area contributed by atoms with Crippen molar-refractivity contribution in [2.24, 2.45) is 0 Å². The summed E-state index contributed by atoms with van der Waals surface area (Å²) in [6.07, 6.45) is 1.85. The Labute approximate surface area is 192 Å². The van der Waals surface area contributed by atoms with Gasteiger partial charge in [0.2, 0.25) is 0 Å². The van der Waals surface area contributed by atoms with Gasteiger partial charge in [-0.05, 0) is 51.7 Å². The number of aromatic nitrogens is 4. The lowest BCUT2D eigenvalue weighted by molar-refractivity contribution is -0.0396. The Hall–Kier alpha value is -2.14. The molecule has 9 nitrogen and oxygen atoms in total. The van der Waals surface area contributed by atoms with E-state index in [4.69, 9.17) is 14.5 Å². The minimum Gasteiger partial charge on any atom is -0.378 e. The lowest BCUT2D eigenvalue weighted by Gasteiger charge is -2.36. The average molecular weight is 458 g/mol. The zero-order chi connectivity index (χ0) is 22.3. The van der Waals surface area contributed by atoms with Crippen LogP contribution in [0.15, 0.2) is 0 Å². The monoisotopic (exact) mass is 457 g/mol. The van der Waals surface area contributed by atoms with Crippen molar-refractivity contribution in [3.8, 4) is 0 Å². The van der Waals surface area contributed by atoms with Crippen LogP contribution in [-0.4, -0.2) is 84.4 Å². The number of pyridine rings is 1. The number of rotatable bonds is 6. The molecule has 0 radical (unpaired) electrons. The Balaban J connectivity index is 1.61. The molecule has 3 aromatic heterocycles. The van der Waals surface area contributed by atoms with Crippen molar-refractivity contribution >= 4 is 43.4 Å². The van der Waals surface area contributed by atoms with E-state index in [0.29, 0.717) is 6.61 Å². The lowest BCUT2D eigenvalue weighted by atomic mass is 9.90. The normalized spacial score (nSPS) is 18.5. The molecule has 3 aromatic rings. The van der Waals surface area contributed by atoms with Gasteiger partial charge in [-0.2, -0.15) is 0 Å². The second-order valence-corrected chi connectivity index (χ2v) is 10.4. The first-order valence-electron chi connectivity index (χ1n) is 11.3. The number of hydrogen-bond donors (Lipinski definition) is 1. The number of anilines is 2. The van der Waals surface area contributed by atoms with Crippen molar-refractivity contribution < 1.29 is 9.47 Å². The molecule has 1 fully saturated rings. The van der Waals surface area contributed by atoms with Gasteiger partial charge >= 0.3 is 0 Å². The van der Waals surface area contributed by atoms with Gasteiger partial charge in [0.1, 0.15) is 20.9 Å². The summed E-state index contributed by atoms with van der Waals surface area (Å²) >= 11 is 1.66. The van der Waals surface area contributed by atoms with Gasteiger partial charge in [0, 0.05) is 37.0 Å². The molecular weight excluding hydrogens is 426 g/mol. The number of nitrogens with zero attached hydrogens (tertiary/aromatic N) is 6. The maximum absolute atomic E-state index is 6.21. The molecule has 172 valence electrons. The van der Waals surface area contributed by atoms with Gasteiger partial charge < -0.3 is 24.6 Å². The molecule has 5 rings (SSSR count). The first kappa shape index (κ1) is 21.7. The second kappa shape index (κ2) is 8.66. The van der Waals surface area contributed by atoms with E-state index in [1.54, 1.807) is 11.3 Å². The molecule has 2 aliphatic heterocycles. The third-order valence-corrected chi connectivity index (χ3v) is 7.19. The Bertz CT molecular complexity index is 1120. The molecule has 0 amide bonds. The first-order chi connectivity index (χ1) is 15.4. The molecule has 0 unspecified atom stereocenters. The second-order valence-electron chi connectivity index (χ2n) is 9.40. The summed E-state index contributed by atoms with van der Waals surface area (Å²) in [5, 5.41) is 17.5. The number of hydrogen-bond acceptors (Lipinski definition) is 10. The van der Waals surface area contributed by atoms with Gasteiger partial charge in [-0.1, -0.05) is 0 Å². The summed E-state index contributed by atoms with van der Waals surface area (Å²) in [6.45, 7) is 9.86. The van der Waals surface area contributed by atoms with Gasteiger partial charge in [0.05, 0.1) is 25.4 Å². The van der Waals surface area contributed by atoms with E-state index in [-0.39, 0.29) is 5.60 Å². The summed E-state index contributed by atoms with van der Waals surface area (Å²) in [5.41, 5.74) is 3.13. The zero-order valence-corrected chi connectivity index (χ0v) is 20.1. The number of ether oxygens (including phenoxy) is 2. The summed E-state index contributed by atoms with van der Waals surface area (Å²) < 4.78 is 12.8. The van der Waals surface area contributed by atoms with E-state index in [9.17, 15) is 0 Å². The van der Waals surface area contributed by atoms with Crippen LogP contribution in [0, 0.1) is 0 Å². The standard InChI is InChI=1S/C22H31N7O2S/c1-22(2)12-14-15(13-31-22)20(29-8-10-30-11-9-29)24-21-16(14)17-18(32-21)19(26-27-25-17)23-6-5-7-28(3)4/h5-13H2,1-4H3,(H,23,25,26). The van der Waals surface area contributed by atoms with Crippen LogP contribution in [0.5, 0.6) is 0 Å². The minimum atomic E-state index is -0.231. The van der Waals surface area contributed by atoms with Crippen molar-refractivity contribution in [3.63, 3.8) is 0 Å². The highest BCUT2D eigenvalue weighted by Gasteiger charge is 2.33. The predicted molar refractivity (Wildman–Crippen MR) is 128 cm³/mol. The van der Waals surface area contributed by atoms with Crippen LogP contribution in [0.4, 0.5) is 11.6 Å². The number of thiophene rings is 1. The van der Waals surface area contributed by atoms with Crippen LogP contribution >= 0.6 is 11.3 Å². The molecule has 0 aliphatic carbocycles. The molecule has 2 aliphatic rings. The molecule has 1 saturated heterocycles. The molecule has 0 spiro atoms. The van der Waals surface area contributed by atoms with Gasteiger partial charge in [-0.25, -0.2) is 4.98 Å². The third-order valence-electron chi connectivity index (χ3n) is 6.11. The van der Waals surface area contributed by atoms with E-state index in [1.807, 2.05) is 0 Å². The molecule has 5 heterocycles. The zero-order valence-electron chi connectivity index (χ0n) is 19.3. The first-order valence-corrected chi connectivity index (χ1v) is 12.1. The van der Waals surface area contributed by atoms with Crippen LogP contribution in [0.2, 0.25) is 0 Å². The van der Waals surface area contributed by atoms with E-state index in [1.165, 1.54) is 11.1 Å². The van der Waals surface area contributed by atoms with Crippen LogP contribution < -0.4 is 10.2 Å². The van der Waals surface area contributed by atoms with Crippen molar-refractivity contribution in [1.29, 1.82) is 0 Å². The summed E-state index contributed by atoms with van der Waals surface area (Å²) in [4.78, 5) is 10.6. The van der Waals surface area contributed by atoms with Crippen molar-refractivity contribution in [3.05, 3.63) is 11.1 Å². The highest BCUT2D eigenvalue weighted by atomic mass is 32.1. The molecule has 0 atom stereocenters. The Kier molecular flexibility index (Phi) is 5.87. The number of fused-ring (bicyclic) bond motifs is 5. The maximum atomic E-state index is 6.21.